The largest absolute Gasteiger partial charge is 0.368 e. The third-order valence-corrected chi connectivity index (χ3v) is 3.66. The average molecular weight is 245 g/mol. The average Bonchev–Trinajstić information content (AvgIpc) is 2.34. The molecule has 1 nitrogen and oxygen atoms in total. The molecule has 0 aromatic carbocycles. The summed E-state index contributed by atoms with van der Waals surface area (Å²) >= 11 is 0. The first kappa shape index (κ1) is 14.8. The van der Waals surface area contributed by atoms with Gasteiger partial charge in [0.1, 0.15) is 0 Å². The van der Waals surface area contributed by atoms with Crippen LogP contribution in [-0.4, -0.2) is 17.5 Å². The number of hydrogen-bond donors (Lipinski definition) is 0. The van der Waals surface area contributed by atoms with Crippen LogP contribution in [0.4, 0.5) is 0 Å². The molecule has 0 saturated heterocycles. The summed E-state index contributed by atoms with van der Waals surface area (Å²) in [4.78, 5) is 2.37. The minimum atomic E-state index is 0.391. The fourth-order valence-electron chi connectivity index (χ4n) is 2.13. The van der Waals surface area contributed by atoms with Crippen molar-refractivity contribution in [3.63, 3.8) is 0 Å². The minimum Gasteiger partial charge on any atom is -0.368 e. The van der Waals surface area contributed by atoms with Crippen LogP contribution in [0.1, 0.15) is 34.1 Å². The van der Waals surface area contributed by atoms with E-state index in [0.717, 1.165) is 13.0 Å². The zero-order valence-corrected chi connectivity index (χ0v) is 12.3. The predicted molar refractivity (Wildman–Crippen MR) is 81.3 cm³/mol. The standard InChI is InChI=1S/C17H27N/c1-13(2)18-12-16(5)14(3)10-8-7-9-11-15(4)17(18)6/h8-11,13-15H,5-7,12H2,1-4H3/b10-8-,11-9-. The highest BCUT2D eigenvalue weighted by Crippen LogP contribution is 2.23. The molecule has 0 spiro atoms. The van der Waals surface area contributed by atoms with Crippen molar-refractivity contribution in [2.45, 2.75) is 40.2 Å². The summed E-state index contributed by atoms with van der Waals surface area (Å²) in [6.07, 6.45) is 9.96. The molecule has 100 valence electrons. The normalized spacial score (nSPS) is 30.2. The Hall–Kier alpha value is -1.24. The van der Waals surface area contributed by atoms with Crippen molar-refractivity contribution in [3.8, 4) is 0 Å². The molecule has 2 unspecified atom stereocenters. The number of hydrogen-bond acceptors (Lipinski definition) is 1. The fraction of sp³-hybridized carbons (Fsp3) is 0.529. The summed E-state index contributed by atoms with van der Waals surface area (Å²) in [6.45, 7) is 18.3. The molecule has 0 amide bonds. The number of rotatable bonds is 1. The van der Waals surface area contributed by atoms with Crippen LogP contribution < -0.4 is 0 Å². The lowest BCUT2D eigenvalue weighted by molar-refractivity contribution is 0.282. The van der Waals surface area contributed by atoms with E-state index in [1.807, 2.05) is 0 Å². The van der Waals surface area contributed by atoms with Gasteiger partial charge >= 0.3 is 0 Å². The van der Waals surface area contributed by atoms with Gasteiger partial charge in [0.15, 0.2) is 0 Å². The molecule has 18 heavy (non-hydrogen) atoms. The van der Waals surface area contributed by atoms with Crippen LogP contribution in [0.5, 0.6) is 0 Å². The quantitative estimate of drug-likeness (QED) is 0.612. The lowest BCUT2D eigenvalue weighted by Gasteiger charge is -2.34. The Kier molecular flexibility index (Phi) is 5.46. The first-order valence-corrected chi connectivity index (χ1v) is 6.90. The third-order valence-electron chi connectivity index (χ3n) is 3.66. The van der Waals surface area contributed by atoms with Crippen LogP contribution in [-0.2, 0) is 0 Å². The molecular weight excluding hydrogens is 218 g/mol. The molecular formula is C17H27N. The summed E-state index contributed by atoms with van der Waals surface area (Å²) in [5, 5.41) is 0. The molecule has 2 atom stereocenters. The van der Waals surface area contributed by atoms with E-state index in [0.29, 0.717) is 17.9 Å². The van der Waals surface area contributed by atoms with E-state index in [4.69, 9.17) is 0 Å². The van der Waals surface area contributed by atoms with Crippen LogP contribution in [0.25, 0.3) is 0 Å². The molecule has 0 radical (unpaired) electrons. The van der Waals surface area contributed by atoms with Crippen molar-refractivity contribution >= 4 is 0 Å². The highest BCUT2D eigenvalue weighted by molar-refractivity contribution is 5.17. The van der Waals surface area contributed by atoms with Crippen molar-refractivity contribution in [1.82, 2.24) is 4.90 Å². The second-order valence-corrected chi connectivity index (χ2v) is 5.54. The van der Waals surface area contributed by atoms with Gasteiger partial charge in [-0.15, -0.1) is 0 Å². The van der Waals surface area contributed by atoms with Gasteiger partial charge in [-0.1, -0.05) is 56.9 Å². The molecule has 1 aliphatic heterocycles. The topological polar surface area (TPSA) is 3.24 Å². The van der Waals surface area contributed by atoms with Crippen molar-refractivity contribution in [2.75, 3.05) is 6.54 Å². The Morgan fingerprint density at radius 2 is 1.67 bits per heavy atom. The van der Waals surface area contributed by atoms with Gasteiger partial charge in [0.25, 0.3) is 0 Å². The van der Waals surface area contributed by atoms with Crippen molar-refractivity contribution in [3.05, 3.63) is 48.7 Å². The number of nitrogens with zero attached hydrogens (tertiary/aromatic N) is 1. The van der Waals surface area contributed by atoms with Gasteiger partial charge in [-0.2, -0.15) is 0 Å². The molecule has 0 fully saturated rings. The summed E-state index contributed by atoms with van der Waals surface area (Å²) < 4.78 is 0. The van der Waals surface area contributed by atoms with Gasteiger partial charge in [0.05, 0.1) is 0 Å². The van der Waals surface area contributed by atoms with E-state index >= 15 is 0 Å². The Bertz CT molecular complexity index is 360. The van der Waals surface area contributed by atoms with Gasteiger partial charge in [-0.25, -0.2) is 0 Å². The van der Waals surface area contributed by atoms with Gasteiger partial charge in [0, 0.05) is 24.2 Å². The Morgan fingerprint density at radius 1 is 1.11 bits per heavy atom. The molecule has 0 aliphatic carbocycles. The molecule has 0 aromatic rings. The molecule has 0 aromatic heterocycles. The zero-order valence-electron chi connectivity index (χ0n) is 12.3. The van der Waals surface area contributed by atoms with Crippen LogP contribution in [0.3, 0.4) is 0 Å². The second kappa shape index (κ2) is 6.63. The monoisotopic (exact) mass is 245 g/mol. The van der Waals surface area contributed by atoms with Gasteiger partial charge in [-0.3, -0.25) is 0 Å². The maximum absolute atomic E-state index is 4.28. The van der Waals surface area contributed by atoms with Crippen molar-refractivity contribution < 1.29 is 0 Å². The van der Waals surface area contributed by atoms with Crippen LogP contribution in [0, 0.1) is 11.8 Å². The van der Waals surface area contributed by atoms with E-state index < -0.39 is 0 Å². The predicted octanol–water partition coefficient (Wildman–Crippen LogP) is 4.56. The highest BCUT2D eigenvalue weighted by atomic mass is 15.2. The third kappa shape index (κ3) is 3.90. The highest BCUT2D eigenvalue weighted by Gasteiger charge is 2.18. The Balaban J connectivity index is 2.98. The first-order chi connectivity index (χ1) is 8.43. The lowest BCUT2D eigenvalue weighted by Crippen LogP contribution is -2.34. The molecule has 0 N–H and O–H groups in total. The fourth-order valence-corrected chi connectivity index (χ4v) is 2.13. The second-order valence-electron chi connectivity index (χ2n) is 5.54. The minimum absolute atomic E-state index is 0.391. The van der Waals surface area contributed by atoms with Gasteiger partial charge < -0.3 is 4.90 Å². The molecule has 1 aliphatic rings. The van der Waals surface area contributed by atoms with E-state index in [9.17, 15) is 0 Å². The smallest absolute Gasteiger partial charge is 0.0391 e. The Labute approximate surface area is 113 Å². The van der Waals surface area contributed by atoms with Crippen LogP contribution in [0.15, 0.2) is 48.7 Å². The summed E-state index contributed by atoms with van der Waals surface area (Å²) in [5.41, 5.74) is 2.45. The molecule has 0 bridgehead atoms. The van der Waals surface area contributed by atoms with Gasteiger partial charge in [-0.05, 0) is 26.2 Å². The zero-order chi connectivity index (χ0) is 13.7. The van der Waals surface area contributed by atoms with E-state index in [1.54, 1.807) is 0 Å². The molecule has 1 heterocycles. The molecule has 1 heteroatoms. The molecule has 1 rings (SSSR count). The Morgan fingerprint density at radius 3 is 2.22 bits per heavy atom. The SMILES string of the molecule is C=C1CN(C(C)C)C(=C)C(C)/C=C\C/C=C\C1C. The van der Waals surface area contributed by atoms with E-state index in [-0.39, 0.29) is 0 Å². The first-order valence-electron chi connectivity index (χ1n) is 6.90. The maximum Gasteiger partial charge on any atom is 0.0391 e. The number of allylic oxidation sites excluding steroid dienone is 4. The summed E-state index contributed by atoms with van der Waals surface area (Å²) in [5.74, 6) is 0.822. The summed E-state index contributed by atoms with van der Waals surface area (Å²) in [6, 6.07) is 0.460. The van der Waals surface area contributed by atoms with Crippen LogP contribution >= 0.6 is 0 Å². The maximum atomic E-state index is 4.28. The van der Waals surface area contributed by atoms with E-state index in [1.165, 1.54) is 11.3 Å². The molecule has 0 saturated carbocycles. The van der Waals surface area contributed by atoms with Crippen molar-refractivity contribution in [2.24, 2.45) is 11.8 Å². The van der Waals surface area contributed by atoms with Gasteiger partial charge in [0.2, 0.25) is 0 Å². The van der Waals surface area contributed by atoms with Crippen molar-refractivity contribution in [1.29, 1.82) is 0 Å². The summed E-state index contributed by atoms with van der Waals surface area (Å²) in [7, 11) is 0. The van der Waals surface area contributed by atoms with Crippen LogP contribution in [0.2, 0.25) is 0 Å². The van der Waals surface area contributed by atoms with E-state index in [2.05, 4.69) is 70.1 Å². The lowest BCUT2D eigenvalue weighted by atomic mass is 10.00.